The zero-order valence-electron chi connectivity index (χ0n) is 10.1. The van der Waals surface area contributed by atoms with Crippen molar-refractivity contribution in [3.63, 3.8) is 0 Å². The van der Waals surface area contributed by atoms with Gasteiger partial charge < -0.3 is 5.73 Å². The lowest BCUT2D eigenvalue weighted by Gasteiger charge is -2.19. The Morgan fingerprint density at radius 2 is 1.83 bits per heavy atom. The summed E-state index contributed by atoms with van der Waals surface area (Å²) in [6, 6.07) is 8.09. The smallest absolute Gasteiger partial charge is 0.281 e. The summed E-state index contributed by atoms with van der Waals surface area (Å²) < 4.78 is 27.2. The van der Waals surface area contributed by atoms with Crippen LogP contribution in [-0.4, -0.2) is 25.2 Å². The molecule has 96 valence electrons. The van der Waals surface area contributed by atoms with Crippen molar-refractivity contribution in [3.05, 3.63) is 36.5 Å². The van der Waals surface area contributed by atoms with Crippen molar-refractivity contribution in [3.8, 4) is 0 Å². The molecule has 1 aromatic heterocycles. The van der Waals surface area contributed by atoms with Crippen molar-refractivity contribution in [2.24, 2.45) is 7.05 Å². The molecule has 0 bridgehead atoms. The molecule has 0 saturated heterocycles. The van der Waals surface area contributed by atoms with Gasteiger partial charge >= 0.3 is 0 Å². The van der Waals surface area contributed by atoms with E-state index in [1.54, 1.807) is 31.3 Å². The molecule has 1 aromatic carbocycles. The lowest BCUT2D eigenvalue weighted by atomic mass is 10.3. The van der Waals surface area contributed by atoms with Crippen molar-refractivity contribution in [2.45, 2.75) is 5.03 Å². The molecule has 0 unspecified atom stereocenters. The van der Waals surface area contributed by atoms with Crippen molar-refractivity contribution < 1.29 is 8.42 Å². The summed E-state index contributed by atoms with van der Waals surface area (Å²) in [5, 5.41) is 4.00. The van der Waals surface area contributed by atoms with Gasteiger partial charge in [0.1, 0.15) is 0 Å². The molecule has 1 heterocycles. The van der Waals surface area contributed by atoms with Gasteiger partial charge in [-0.05, 0) is 30.3 Å². The van der Waals surface area contributed by atoms with E-state index in [1.807, 2.05) is 0 Å². The van der Waals surface area contributed by atoms with Crippen LogP contribution in [0.3, 0.4) is 0 Å². The number of hydrogen-bond donors (Lipinski definition) is 1. The number of sulfonamides is 1. The largest absolute Gasteiger partial charge is 0.399 e. The van der Waals surface area contributed by atoms with Crippen molar-refractivity contribution in [1.29, 1.82) is 0 Å². The zero-order chi connectivity index (χ0) is 13.3. The van der Waals surface area contributed by atoms with E-state index in [1.165, 1.54) is 28.3 Å². The molecule has 0 aliphatic rings. The van der Waals surface area contributed by atoms with Gasteiger partial charge in [0, 0.05) is 19.8 Å². The van der Waals surface area contributed by atoms with Crippen LogP contribution in [0.1, 0.15) is 0 Å². The number of nitrogen functional groups attached to an aromatic ring is 1. The molecule has 6 nitrogen and oxygen atoms in total. The summed E-state index contributed by atoms with van der Waals surface area (Å²) in [6.07, 6.45) is 1.45. The van der Waals surface area contributed by atoms with Crippen LogP contribution in [0, 0.1) is 0 Å². The summed E-state index contributed by atoms with van der Waals surface area (Å²) in [5.74, 6) is 0. The normalized spacial score (nSPS) is 11.4. The number of rotatable bonds is 3. The van der Waals surface area contributed by atoms with Crippen LogP contribution in [0.4, 0.5) is 11.4 Å². The van der Waals surface area contributed by atoms with Crippen molar-refractivity contribution >= 4 is 21.4 Å². The first kappa shape index (κ1) is 12.4. The fourth-order valence-corrected chi connectivity index (χ4v) is 2.87. The van der Waals surface area contributed by atoms with Gasteiger partial charge in [0.15, 0.2) is 5.03 Å². The van der Waals surface area contributed by atoms with Gasteiger partial charge in [-0.15, -0.1) is 0 Å². The first-order valence-electron chi connectivity index (χ1n) is 5.25. The maximum Gasteiger partial charge on any atom is 0.281 e. The number of hydrogen-bond acceptors (Lipinski definition) is 4. The van der Waals surface area contributed by atoms with E-state index in [0.29, 0.717) is 11.4 Å². The highest BCUT2D eigenvalue weighted by Crippen LogP contribution is 2.22. The molecule has 0 radical (unpaired) electrons. The van der Waals surface area contributed by atoms with Crippen LogP contribution < -0.4 is 10.0 Å². The molecular weight excluding hydrogens is 252 g/mol. The zero-order valence-corrected chi connectivity index (χ0v) is 10.9. The fourth-order valence-electron chi connectivity index (χ4n) is 1.58. The molecule has 7 heteroatoms. The predicted octanol–water partition coefficient (Wildman–Crippen LogP) is 0.827. The molecule has 0 aliphatic heterocycles. The van der Waals surface area contributed by atoms with E-state index in [0.717, 1.165) is 0 Å². The van der Waals surface area contributed by atoms with Gasteiger partial charge in [-0.3, -0.25) is 8.99 Å². The average Bonchev–Trinajstić information content (AvgIpc) is 2.76. The second kappa shape index (κ2) is 4.34. The monoisotopic (exact) mass is 266 g/mol. The topological polar surface area (TPSA) is 81.2 Å². The van der Waals surface area contributed by atoms with Crippen LogP contribution >= 0.6 is 0 Å². The highest BCUT2D eigenvalue weighted by molar-refractivity contribution is 7.92. The van der Waals surface area contributed by atoms with Crippen LogP contribution in [0.15, 0.2) is 41.6 Å². The molecule has 2 rings (SSSR count). The van der Waals surface area contributed by atoms with E-state index in [9.17, 15) is 8.42 Å². The summed E-state index contributed by atoms with van der Waals surface area (Å²) >= 11 is 0. The molecule has 0 atom stereocenters. The fraction of sp³-hybridized carbons (Fsp3) is 0.182. The molecular formula is C11H14N4O2S. The molecule has 0 fully saturated rings. The van der Waals surface area contributed by atoms with E-state index < -0.39 is 10.0 Å². The molecule has 0 spiro atoms. The van der Waals surface area contributed by atoms with Crippen LogP contribution in [0.5, 0.6) is 0 Å². The summed E-state index contributed by atoms with van der Waals surface area (Å²) in [5.41, 5.74) is 6.71. The number of anilines is 2. The van der Waals surface area contributed by atoms with Gasteiger partial charge in [0.05, 0.1) is 11.9 Å². The van der Waals surface area contributed by atoms with Crippen LogP contribution in [0.2, 0.25) is 0 Å². The first-order valence-corrected chi connectivity index (χ1v) is 6.69. The molecule has 18 heavy (non-hydrogen) atoms. The maximum absolute atomic E-state index is 12.3. The number of aromatic nitrogens is 2. The SMILES string of the molecule is CN(c1ccc(N)cc1)S(=O)(=O)c1ccnn1C. The maximum atomic E-state index is 12.3. The Morgan fingerprint density at radius 1 is 1.22 bits per heavy atom. The Labute approximate surface area is 106 Å². The van der Waals surface area contributed by atoms with E-state index in [-0.39, 0.29) is 5.03 Å². The summed E-state index contributed by atoms with van der Waals surface area (Å²) in [6.45, 7) is 0. The van der Waals surface area contributed by atoms with Crippen molar-refractivity contribution in [1.82, 2.24) is 9.78 Å². The Balaban J connectivity index is 2.42. The standard InChI is InChI=1S/C11H14N4O2S/c1-14-11(7-8-13-14)18(16,17)15(2)10-5-3-9(12)4-6-10/h3-8H,12H2,1-2H3. The number of nitrogens with two attached hydrogens (primary N) is 1. The number of benzene rings is 1. The molecule has 0 saturated carbocycles. The minimum absolute atomic E-state index is 0.141. The Hall–Kier alpha value is -2.02. The van der Waals surface area contributed by atoms with E-state index >= 15 is 0 Å². The predicted molar refractivity (Wildman–Crippen MR) is 69.7 cm³/mol. The van der Waals surface area contributed by atoms with Gasteiger partial charge in [0.25, 0.3) is 10.0 Å². The summed E-state index contributed by atoms with van der Waals surface area (Å²) in [7, 11) is -0.518. The van der Waals surface area contributed by atoms with Gasteiger partial charge in [-0.25, -0.2) is 0 Å². The second-order valence-corrected chi connectivity index (χ2v) is 5.77. The third-order valence-electron chi connectivity index (χ3n) is 2.66. The van der Waals surface area contributed by atoms with Crippen LogP contribution in [-0.2, 0) is 17.1 Å². The minimum atomic E-state index is -3.60. The second-order valence-electron chi connectivity index (χ2n) is 3.86. The quantitative estimate of drug-likeness (QED) is 0.834. The Bertz CT molecular complexity index is 646. The average molecular weight is 266 g/mol. The molecule has 0 amide bonds. The third kappa shape index (κ3) is 2.04. The lowest BCUT2D eigenvalue weighted by molar-refractivity contribution is 0.575. The number of aryl methyl sites for hydroxylation is 1. The Morgan fingerprint density at radius 3 is 2.33 bits per heavy atom. The molecule has 0 aliphatic carbocycles. The van der Waals surface area contributed by atoms with Gasteiger partial charge in [-0.1, -0.05) is 0 Å². The van der Waals surface area contributed by atoms with Crippen LogP contribution in [0.25, 0.3) is 0 Å². The van der Waals surface area contributed by atoms with Crippen molar-refractivity contribution in [2.75, 3.05) is 17.1 Å². The first-order chi connectivity index (χ1) is 8.43. The third-order valence-corrected chi connectivity index (χ3v) is 4.52. The molecule has 2 aromatic rings. The summed E-state index contributed by atoms with van der Waals surface area (Å²) in [4.78, 5) is 0. The number of nitrogens with zero attached hydrogens (tertiary/aromatic N) is 3. The van der Waals surface area contributed by atoms with Gasteiger partial charge in [0.2, 0.25) is 0 Å². The van der Waals surface area contributed by atoms with E-state index in [2.05, 4.69) is 5.10 Å². The molecule has 2 N–H and O–H groups in total. The lowest BCUT2D eigenvalue weighted by Crippen LogP contribution is -2.28. The Kier molecular flexibility index (Phi) is 3.00. The van der Waals surface area contributed by atoms with Gasteiger partial charge in [-0.2, -0.15) is 13.5 Å². The van der Waals surface area contributed by atoms with E-state index in [4.69, 9.17) is 5.73 Å². The minimum Gasteiger partial charge on any atom is -0.399 e. The highest BCUT2D eigenvalue weighted by atomic mass is 32.2. The highest BCUT2D eigenvalue weighted by Gasteiger charge is 2.24.